The van der Waals surface area contributed by atoms with Crippen molar-refractivity contribution in [2.24, 2.45) is 0 Å². The number of likely N-dealkylation sites (N-methyl/N-ethyl adjacent to an activating group) is 1. The molecule has 0 saturated carbocycles. The van der Waals surface area contributed by atoms with E-state index in [1.165, 1.54) is 12.1 Å². The molecule has 0 radical (unpaired) electrons. The fourth-order valence-corrected chi connectivity index (χ4v) is 4.24. The number of aliphatic hydroxyl groups is 1. The largest absolute Gasteiger partial charge is 0.493 e. The Labute approximate surface area is 204 Å². The molecular weight excluding hydrogens is 494 g/mol. The Kier molecular flexibility index (Phi) is 7.37. The Hall–Kier alpha value is -2.33. The second kappa shape index (κ2) is 10.1. The monoisotopic (exact) mass is 515 g/mol. The molecule has 2 aromatic carbocycles. The van der Waals surface area contributed by atoms with Crippen LogP contribution in [0.1, 0.15) is 35.9 Å². The van der Waals surface area contributed by atoms with Gasteiger partial charge in [-0.3, -0.25) is 4.90 Å². The summed E-state index contributed by atoms with van der Waals surface area (Å²) in [6.07, 6.45) is -3.66. The highest BCUT2D eigenvalue weighted by Gasteiger charge is 2.36. The molecule has 4 rings (SSSR count). The van der Waals surface area contributed by atoms with Crippen LogP contribution in [0.5, 0.6) is 5.75 Å². The Morgan fingerprint density at radius 2 is 1.97 bits per heavy atom. The van der Waals surface area contributed by atoms with Gasteiger partial charge in [0.1, 0.15) is 5.75 Å². The highest BCUT2D eigenvalue weighted by molar-refractivity contribution is 6.42. The lowest BCUT2D eigenvalue weighted by atomic mass is 10.1. The lowest BCUT2D eigenvalue weighted by Crippen LogP contribution is -2.19. The van der Waals surface area contributed by atoms with E-state index in [0.717, 1.165) is 11.6 Å². The van der Waals surface area contributed by atoms with Crippen LogP contribution < -0.4 is 4.74 Å². The van der Waals surface area contributed by atoms with Gasteiger partial charge in [0, 0.05) is 12.1 Å². The Morgan fingerprint density at radius 1 is 1.18 bits per heavy atom. The van der Waals surface area contributed by atoms with Crippen LogP contribution in [-0.4, -0.2) is 46.5 Å². The second-order valence-corrected chi connectivity index (χ2v) is 9.02. The molecule has 2 atom stereocenters. The van der Waals surface area contributed by atoms with Crippen LogP contribution in [0, 0.1) is 0 Å². The van der Waals surface area contributed by atoms with Crippen molar-refractivity contribution in [3.05, 3.63) is 63.5 Å². The van der Waals surface area contributed by atoms with Crippen molar-refractivity contribution in [3.8, 4) is 17.1 Å². The number of rotatable bonds is 7. The minimum Gasteiger partial charge on any atom is -0.493 e. The van der Waals surface area contributed by atoms with E-state index >= 15 is 0 Å². The van der Waals surface area contributed by atoms with Gasteiger partial charge in [-0.2, -0.15) is 18.2 Å². The molecule has 0 spiro atoms. The van der Waals surface area contributed by atoms with E-state index in [9.17, 15) is 18.3 Å². The quantitative estimate of drug-likeness (QED) is 0.400. The number of β-amino-alcohol motifs (C(OH)–C–C–N with tert-alkyl or cyclic N) is 1. The number of aliphatic hydroxyl groups excluding tert-OH is 1. The first-order valence-corrected chi connectivity index (χ1v) is 11.4. The molecule has 6 nitrogen and oxygen atoms in total. The van der Waals surface area contributed by atoms with Crippen LogP contribution in [0.15, 0.2) is 40.9 Å². The van der Waals surface area contributed by atoms with Gasteiger partial charge in [0.15, 0.2) is 0 Å². The minimum atomic E-state index is -4.63. The number of alkyl halides is 3. The van der Waals surface area contributed by atoms with Gasteiger partial charge in [-0.25, -0.2) is 0 Å². The van der Waals surface area contributed by atoms with Gasteiger partial charge in [0.25, 0.3) is 0 Å². The summed E-state index contributed by atoms with van der Waals surface area (Å²) in [5.41, 5.74) is 0.156. The standard InChI is InChI=1S/C23H22Cl2F3N3O3/c1-31-12-15(32)11-19(31)22-29-21(30-34-22)14-5-7-20(16(10-14)23(26,27)28)33-8-2-3-13-4-6-17(24)18(25)9-13/h4-7,9-10,15,19,32H,2-3,8,11-12H2,1H3/t15-,19+/m1/s1. The van der Waals surface area contributed by atoms with Crippen LogP contribution in [-0.2, 0) is 12.6 Å². The lowest BCUT2D eigenvalue weighted by molar-refractivity contribution is -0.138. The average molecular weight is 516 g/mol. The van der Waals surface area contributed by atoms with E-state index < -0.39 is 17.8 Å². The molecule has 1 aliphatic heterocycles. The third kappa shape index (κ3) is 5.66. The molecule has 2 heterocycles. The number of nitrogens with zero attached hydrogens (tertiary/aromatic N) is 3. The van der Waals surface area contributed by atoms with E-state index in [-0.39, 0.29) is 35.7 Å². The summed E-state index contributed by atoms with van der Waals surface area (Å²) in [6, 6.07) is 8.62. The van der Waals surface area contributed by atoms with Crippen molar-refractivity contribution in [1.29, 1.82) is 0 Å². The molecule has 182 valence electrons. The number of halogens is 5. The summed E-state index contributed by atoms with van der Waals surface area (Å²) >= 11 is 11.9. The normalized spacial score (nSPS) is 19.0. The summed E-state index contributed by atoms with van der Waals surface area (Å²) in [4.78, 5) is 6.12. The third-order valence-electron chi connectivity index (χ3n) is 5.65. The predicted molar refractivity (Wildman–Crippen MR) is 121 cm³/mol. The Morgan fingerprint density at radius 3 is 2.65 bits per heavy atom. The van der Waals surface area contributed by atoms with Crippen molar-refractivity contribution in [3.63, 3.8) is 0 Å². The highest BCUT2D eigenvalue weighted by atomic mass is 35.5. The van der Waals surface area contributed by atoms with Gasteiger partial charge in [0.2, 0.25) is 11.7 Å². The van der Waals surface area contributed by atoms with Crippen LogP contribution in [0.3, 0.4) is 0 Å². The van der Waals surface area contributed by atoms with E-state index in [1.807, 2.05) is 11.0 Å². The smallest absolute Gasteiger partial charge is 0.419 e. The topological polar surface area (TPSA) is 71.6 Å². The van der Waals surface area contributed by atoms with E-state index in [4.69, 9.17) is 32.5 Å². The molecule has 0 aliphatic carbocycles. The molecular formula is C23H22Cl2F3N3O3. The molecule has 1 fully saturated rings. The molecule has 0 unspecified atom stereocenters. The molecule has 1 N–H and O–H groups in total. The van der Waals surface area contributed by atoms with Crippen molar-refractivity contribution < 1.29 is 27.5 Å². The van der Waals surface area contributed by atoms with E-state index in [0.29, 0.717) is 35.9 Å². The fourth-order valence-electron chi connectivity index (χ4n) is 3.92. The minimum absolute atomic E-state index is 0.0430. The number of benzene rings is 2. The molecule has 34 heavy (non-hydrogen) atoms. The maximum absolute atomic E-state index is 13.7. The van der Waals surface area contributed by atoms with Crippen LogP contribution in [0.4, 0.5) is 13.2 Å². The van der Waals surface area contributed by atoms with Crippen LogP contribution in [0.2, 0.25) is 10.0 Å². The zero-order valence-electron chi connectivity index (χ0n) is 18.1. The first-order chi connectivity index (χ1) is 16.1. The zero-order valence-corrected chi connectivity index (χ0v) is 19.7. The summed E-state index contributed by atoms with van der Waals surface area (Å²) < 4.78 is 52.0. The molecule has 11 heteroatoms. The maximum Gasteiger partial charge on any atom is 0.419 e. The average Bonchev–Trinajstić information content (AvgIpc) is 3.39. The predicted octanol–water partition coefficient (Wildman–Crippen LogP) is 5.81. The summed E-state index contributed by atoms with van der Waals surface area (Å²) in [5, 5.41) is 14.5. The van der Waals surface area contributed by atoms with Gasteiger partial charge in [-0.05, 0) is 62.2 Å². The van der Waals surface area contributed by atoms with Gasteiger partial charge >= 0.3 is 6.18 Å². The molecule has 0 amide bonds. The molecule has 1 aliphatic rings. The van der Waals surface area contributed by atoms with Crippen molar-refractivity contribution in [1.82, 2.24) is 15.0 Å². The second-order valence-electron chi connectivity index (χ2n) is 8.21. The molecule has 3 aromatic rings. The van der Waals surface area contributed by atoms with E-state index in [1.54, 1.807) is 19.2 Å². The van der Waals surface area contributed by atoms with Gasteiger partial charge in [-0.1, -0.05) is 34.4 Å². The number of hydrogen-bond donors (Lipinski definition) is 1. The van der Waals surface area contributed by atoms with Crippen LogP contribution >= 0.6 is 23.2 Å². The summed E-state index contributed by atoms with van der Waals surface area (Å²) in [5.74, 6) is 0.0273. The maximum atomic E-state index is 13.7. The van der Waals surface area contributed by atoms with Gasteiger partial charge in [0.05, 0.1) is 34.4 Å². The zero-order chi connectivity index (χ0) is 24.5. The number of likely N-dealkylation sites (tertiary alicyclic amines) is 1. The van der Waals surface area contributed by atoms with Crippen molar-refractivity contribution in [2.75, 3.05) is 20.2 Å². The van der Waals surface area contributed by atoms with Crippen molar-refractivity contribution in [2.45, 2.75) is 37.6 Å². The van der Waals surface area contributed by atoms with Gasteiger partial charge < -0.3 is 14.4 Å². The lowest BCUT2D eigenvalue weighted by Gasteiger charge is -2.15. The van der Waals surface area contributed by atoms with Gasteiger partial charge in [-0.15, -0.1) is 0 Å². The highest BCUT2D eigenvalue weighted by Crippen LogP contribution is 2.39. The first kappa shape index (κ1) is 24.8. The summed E-state index contributed by atoms with van der Waals surface area (Å²) in [6.45, 7) is 0.545. The molecule has 0 bridgehead atoms. The Bertz CT molecular complexity index is 1160. The SMILES string of the molecule is CN1C[C@H](O)C[C@H]1c1nc(-c2ccc(OCCCc3ccc(Cl)c(Cl)c3)c(C(F)(F)F)c2)no1. The number of ether oxygens (including phenoxy) is 1. The Balaban J connectivity index is 1.46. The number of aromatic nitrogens is 2. The summed E-state index contributed by atoms with van der Waals surface area (Å²) in [7, 11) is 1.81. The fraction of sp³-hybridized carbons (Fsp3) is 0.391. The molecule has 1 aromatic heterocycles. The first-order valence-electron chi connectivity index (χ1n) is 10.6. The van der Waals surface area contributed by atoms with Crippen molar-refractivity contribution >= 4 is 23.2 Å². The van der Waals surface area contributed by atoms with E-state index in [2.05, 4.69) is 10.1 Å². The van der Waals surface area contributed by atoms with Crippen LogP contribution in [0.25, 0.3) is 11.4 Å². The number of hydrogen-bond acceptors (Lipinski definition) is 6. The third-order valence-corrected chi connectivity index (χ3v) is 6.39. The number of aryl methyl sites for hydroxylation is 1. The molecule has 1 saturated heterocycles.